The van der Waals surface area contributed by atoms with Gasteiger partial charge in [-0.3, -0.25) is 0 Å². The van der Waals surface area contributed by atoms with E-state index in [0.717, 1.165) is 18.5 Å². The summed E-state index contributed by atoms with van der Waals surface area (Å²) < 4.78 is 0. The Hall–Kier alpha value is -0.610. The molecule has 0 spiro atoms. The maximum atomic E-state index is 4.67. The van der Waals surface area contributed by atoms with Gasteiger partial charge < -0.3 is 10.2 Å². The molecule has 1 heterocycles. The van der Waals surface area contributed by atoms with Crippen LogP contribution < -0.4 is 10.2 Å². The first-order valence-electron chi connectivity index (χ1n) is 6.20. The topological polar surface area (TPSA) is 28.2 Å². The minimum absolute atomic E-state index is 0.773. The van der Waals surface area contributed by atoms with Gasteiger partial charge in [-0.05, 0) is 31.6 Å². The lowest BCUT2D eigenvalue weighted by Crippen LogP contribution is -2.20. The van der Waals surface area contributed by atoms with Gasteiger partial charge in [0.2, 0.25) is 0 Å². The summed E-state index contributed by atoms with van der Waals surface area (Å²) in [7, 11) is 2.16. The predicted molar refractivity (Wildman–Crippen MR) is 68.0 cm³/mol. The van der Waals surface area contributed by atoms with Crippen LogP contribution in [0.25, 0.3) is 0 Å². The largest absolute Gasteiger partial charge is 0.351 e. The third-order valence-corrected chi connectivity index (χ3v) is 4.25. The summed E-state index contributed by atoms with van der Waals surface area (Å²) in [5.74, 6) is 0.932. The van der Waals surface area contributed by atoms with Crippen molar-refractivity contribution < 1.29 is 0 Å². The van der Waals surface area contributed by atoms with Crippen LogP contribution in [0.4, 0.5) is 5.13 Å². The molecule has 0 saturated heterocycles. The number of nitrogens with one attached hydrogen (secondary N) is 1. The number of hydrogen-bond acceptors (Lipinski definition) is 4. The lowest BCUT2D eigenvalue weighted by atomic mass is 10.4. The fourth-order valence-electron chi connectivity index (χ4n) is 1.85. The molecule has 4 heteroatoms. The molecule has 1 aromatic heterocycles. The van der Waals surface area contributed by atoms with Crippen molar-refractivity contribution in [2.45, 2.75) is 38.3 Å². The molecule has 3 rings (SSSR count). The van der Waals surface area contributed by atoms with Crippen molar-refractivity contribution in [1.82, 2.24) is 10.3 Å². The van der Waals surface area contributed by atoms with Crippen LogP contribution >= 0.6 is 11.3 Å². The molecule has 0 unspecified atom stereocenters. The summed E-state index contributed by atoms with van der Waals surface area (Å²) >= 11 is 1.77. The second kappa shape index (κ2) is 4.34. The number of aromatic nitrogens is 1. The van der Waals surface area contributed by atoms with E-state index in [1.54, 1.807) is 11.3 Å². The van der Waals surface area contributed by atoms with Gasteiger partial charge in [-0.25, -0.2) is 4.98 Å². The lowest BCUT2D eigenvalue weighted by Gasteiger charge is -2.14. The average molecular weight is 237 g/mol. The normalized spacial score (nSPS) is 20.1. The highest BCUT2D eigenvalue weighted by Crippen LogP contribution is 2.31. The maximum Gasteiger partial charge on any atom is 0.185 e. The molecular weight excluding hydrogens is 218 g/mol. The summed E-state index contributed by atoms with van der Waals surface area (Å²) in [6.45, 7) is 2.13. The minimum atomic E-state index is 0.773. The molecule has 2 fully saturated rings. The van der Waals surface area contributed by atoms with E-state index in [0.29, 0.717) is 0 Å². The first kappa shape index (κ1) is 10.5. The molecule has 0 radical (unpaired) electrons. The van der Waals surface area contributed by atoms with Gasteiger partial charge in [0.25, 0.3) is 0 Å². The molecule has 0 amide bonds. The van der Waals surface area contributed by atoms with Crippen molar-refractivity contribution in [1.29, 1.82) is 0 Å². The minimum Gasteiger partial charge on any atom is -0.351 e. The first-order valence-corrected chi connectivity index (χ1v) is 7.08. The Labute approximate surface area is 101 Å². The molecule has 0 aliphatic heterocycles. The zero-order chi connectivity index (χ0) is 11.0. The molecule has 16 heavy (non-hydrogen) atoms. The molecular formula is C12H19N3S. The monoisotopic (exact) mass is 237 g/mol. The molecule has 2 saturated carbocycles. The summed E-state index contributed by atoms with van der Waals surface area (Å²) in [5.41, 5.74) is 1.20. The quantitative estimate of drug-likeness (QED) is 0.822. The van der Waals surface area contributed by atoms with Crippen molar-refractivity contribution in [3.05, 3.63) is 11.1 Å². The number of thiazole rings is 1. The van der Waals surface area contributed by atoms with Gasteiger partial charge in [-0.1, -0.05) is 0 Å². The van der Waals surface area contributed by atoms with Crippen molar-refractivity contribution in [2.75, 3.05) is 18.5 Å². The van der Waals surface area contributed by atoms with Gasteiger partial charge in [0.15, 0.2) is 5.13 Å². The Morgan fingerprint density at radius 3 is 2.94 bits per heavy atom. The highest BCUT2D eigenvalue weighted by molar-refractivity contribution is 7.13. The van der Waals surface area contributed by atoms with Crippen molar-refractivity contribution >= 4 is 16.5 Å². The molecule has 2 aliphatic carbocycles. The van der Waals surface area contributed by atoms with Gasteiger partial charge in [-0.2, -0.15) is 0 Å². The molecule has 1 aromatic rings. The van der Waals surface area contributed by atoms with Gasteiger partial charge in [0, 0.05) is 31.6 Å². The highest BCUT2D eigenvalue weighted by Gasteiger charge is 2.24. The zero-order valence-corrected chi connectivity index (χ0v) is 10.6. The van der Waals surface area contributed by atoms with E-state index >= 15 is 0 Å². The number of anilines is 1. The van der Waals surface area contributed by atoms with Crippen molar-refractivity contribution in [2.24, 2.45) is 5.92 Å². The molecule has 88 valence electrons. The van der Waals surface area contributed by atoms with Crippen LogP contribution in [0.5, 0.6) is 0 Å². The van der Waals surface area contributed by atoms with Gasteiger partial charge >= 0.3 is 0 Å². The summed E-state index contributed by atoms with van der Waals surface area (Å²) in [4.78, 5) is 6.98. The van der Waals surface area contributed by atoms with Crippen LogP contribution in [0.3, 0.4) is 0 Å². The van der Waals surface area contributed by atoms with Crippen LogP contribution in [-0.4, -0.2) is 24.6 Å². The maximum absolute atomic E-state index is 4.67. The Morgan fingerprint density at radius 1 is 1.44 bits per heavy atom. The average Bonchev–Trinajstić information content (AvgIpc) is 3.18. The van der Waals surface area contributed by atoms with Crippen molar-refractivity contribution in [3.8, 4) is 0 Å². The van der Waals surface area contributed by atoms with Crippen LogP contribution in [0.15, 0.2) is 5.38 Å². The number of nitrogens with zero attached hydrogens (tertiary/aromatic N) is 2. The van der Waals surface area contributed by atoms with Crippen LogP contribution in [0.1, 0.15) is 31.4 Å². The molecule has 0 atom stereocenters. The Kier molecular flexibility index (Phi) is 2.86. The third-order valence-electron chi connectivity index (χ3n) is 3.24. The van der Waals surface area contributed by atoms with Crippen LogP contribution in [0, 0.1) is 5.92 Å². The lowest BCUT2D eigenvalue weighted by molar-refractivity contribution is 0.676. The van der Waals surface area contributed by atoms with E-state index in [1.165, 1.54) is 43.1 Å². The van der Waals surface area contributed by atoms with E-state index in [1.807, 2.05) is 0 Å². The SMILES string of the molecule is CN(CC1CC1)c1nc(CNC2CC2)cs1. The summed E-state index contributed by atoms with van der Waals surface area (Å²) in [6, 6.07) is 0.773. The van der Waals surface area contributed by atoms with E-state index in [4.69, 9.17) is 0 Å². The predicted octanol–water partition coefficient (Wildman–Crippen LogP) is 2.24. The van der Waals surface area contributed by atoms with E-state index < -0.39 is 0 Å². The molecule has 0 aromatic carbocycles. The second-order valence-electron chi connectivity index (χ2n) is 5.10. The van der Waals surface area contributed by atoms with Crippen LogP contribution in [0.2, 0.25) is 0 Å². The van der Waals surface area contributed by atoms with Crippen LogP contribution in [-0.2, 0) is 6.54 Å². The number of hydrogen-bond donors (Lipinski definition) is 1. The van der Waals surface area contributed by atoms with Gasteiger partial charge in [0.1, 0.15) is 0 Å². The fraction of sp³-hybridized carbons (Fsp3) is 0.750. The smallest absolute Gasteiger partial charge is 0.185 e. The summed E-state index contributed by atoms with van der Waals surface area (Å²) in [6.07, 6.45) is 5.51. The summed E-state index contributed by atoms with van der Waals surface area (Å²) in [5, 5.41) is 6.87. The van der Waals surface area contributed by atoms with E-state index in [-0.39, 0.29) is 0 Å². The van der Waals surface area contributed by atoms with Gasteiger partial charge in [-0.15, -0.1) is 11.3 Å². The Bertz CT molecular complexity index is 355. The molecule has 0 bridgehead atoms. The molecule has 1 N–H and O–H groups in total. The zero-order valence-electron chi connectivity index (χ0n) is 9.78. The van der Waals surface area contributed by atoms with E-state index in [9.17, 15) is 0 Å². The first-order chi connectivity index (χ1) is 7.81. The third kappa shape index (κ3) is 2.74. The molecule has 2 aliphatic rings. The fourth-order valence-corrected chi connectivity index (χ4v) is 2.66. The second-order valence-corrected chi connectivity index (χ2v) is 5.94. The van der Waals surface area contributed by atoms with Gasteiger partial charge in [0.05, 0.1) is 5.69 Å². The van der Waals surface area contributed by atoms with Crippen molar-refractivity contribution in [3.63, 3.8) is 0 Å². The molecule has 3 nitrogen and oxygen atoms in total. The van der Waals surface area contributed by atoms with E-state index in [2.05, 4.69) is 27.6 Å². The standard InChI is InChI=1S/C12H19N3S/c1-15(7-9-2-3-9)12-14-11(8-16-12)6-13-10-4-5-10/h8-10,13H,2-7H2,1H3. The Morgan fingerprint density at radius 2 is 2.25 bits per heavy atom. The Balaban J connectivity index is 1.52. The highest BCUT2D eigenvalue weighted by atomic mass is 32.1. The number of rotatable bonds is 6.